The first kappa shape index (κ1) is 16.1. The van der Waals surface area contributed by atoms with Crippen LogP contribution in [0, 0.1) is 0 Å². The number of nitrogens with zero attached hydrogens (tertiary/aromatic N) is 1. The van der Waals surface area contributed by atoms with Crippen LogP contribution in [0.2, 0.25) is 5.02 Å². The van der Waals surface area contributed by atoms with Crippen LogP contribution in [0.5, 0.6) is 5.75 Å². The summed E-state index contributed by atoms with van der Waals surface area (Å²) in [5.74, 6) is 0.980. The summed E-state index contributed by atoms with van der Waals surface area (Å²) in [4.78, 5) is 11.8. The van der Waals surface area contributed by atoms with Gasteiger partial charge in [-0.25, -0.2) is 0 Å². The minimum atomic E-state index is -0.233. The number of benzene rings is 2. The van der Waals surface area contributed by atoms with E-state index >= 15 is 0 Å². The summed E-state index contributed by atoms with van der Waals surface area (Å²) in [6.45, 7) is 0.194. The number of para-hydroxylation sites is 1. The fraction of sp³-hybridized carbons (Fsp3) is 0.111. The number of carbonyl (C=O) groups is 1. The Labute approximate surface area is 144 Å². The minimum Gasteiger partial charge on any atom is -0.484 e. The number of halogens is 1. The number of aromatic nitrogens is 1. The first-order chi connectivity index (χ1) is 11.7. The summed E-state index contributed by atoms with van der Waals surface area (Å²) in [5.41, 5.74) is 1.59. The molecule has 1 heterocycles. The monoisotopic (exact) mass is 342 g/mol. The van der Waals surface area contributed by atoms with Gasteiger partial charge in [-0.1, -0.05) is 47.1 Å². The molecule has 0 aliphatic carbocycles. The highest BCUT2D eigenvalue weighted by molar-refractivity contribution is 6.30. The first-order valence-electron chi connectivity index (χ1n) is 7.37. The molecule has 0 saturated carbocycles. The summed E-state index contributed by atoms with van der Waals surface area (Å²) < 4.78 is 10.6. The van der Waals surface area contributed by atoms with E-state index in [0.717, 1.165) is 5.56 Å². The Kier molecular flexibility index (Phi) is 5.13. The lowest BCUT2D eigenvalue weighted by Gasteiger charge is -2.05. The average Bonchev–Trinajstić information content (AvgIpc) is 3.09. The van der Waals surface area contributed by atoms with Crippen molar-refractivity contribution in [3.8, 4) is 17.0 Å². The van der Waals surface area contributed by atoms with Crippen molar-refractivity contribution in [2.24, 2.45) is 0 Å². The molecule has 0 bridgehead atoms. The largest absolute Gasteiger partial charge is 0.484 e. The normalized spacial score (nSPS) is 10.4. The third kappa shape index (κ3) is 4.36. The highest BCUT2D eigenvalue weighted by atomic mass is 35.5. The smallest absolute Gasteiger partial charge is 0.258 e. The van der Waals surface area contributed by atoms with Gasteiger partial charge in [0.1, 0.15) is 11.4 Å². The fourth-order valence-corrected chi connectivity index (χ4v) is 2.18. The van der Waals surface area contributed by atoms with Gasteiger partial charge < -0.3 is 14.6 Å². The maximum atomic E-state index is 11.8. The van der Waals surface area contributed by atoms with Gasteiger partial charge in [0.25, 0.3) is 5.91 Å². The summed E-state index contributed by atoms with van der Waals surface area (Å²) >= 11 is 5.86. The van der Waals surface area contributed by atoms with Crippen LogP contribution in [0.3, 0.4) is 0 Å². The predicted molar refractivity (Wildman–Crippen MR) is 90.7 cm³/mol. The van der Waals surface area contributed by atoms with E-state index in [0.29, 0.717) is 22.2 Å². The van der Waals surface area contributed by atoms with Gasteiger partial charge in [0.05, 0.1) is 6.54 Å². The van der Waals surface area contributed by atoms with Crippen molar-refractivity contribution in [1.29, 1.82) is 0 Å². The number of carbonyl (C=O) groups excluding carboxylic acids is 1. The van der Waals surface area contributed by atoms with Gasteiger partial charge in [-0.15, -0.1) is 0 Å². The van der Waals surface area contributed by atoms with Gasteiger partial charge in [-0.05, 0) is 24.3 Å². The van der Waals surface area contributed by atoms with Crippen molar-refractivity contribution < 1.29 is 14.1 Å². The second kappa shape index (κ2) is 7.66. The molecule has 122 valence electrons. The number of nitrogens with one attached hydrogen (secondary N) is 1. The van der Waals surface area contributed by atoms with Crippen molar-refractivity contribution in [3.63, 3.8) is 0 Å². The Morgan fingerprint density at radius 2 is 1.88 bits per heavy atom. The van der Waals surface area contributed by atoms with Crippen molar-refractivity contribution >= 4 is 17.5 Å². The van der Waals surface area contributed by atoms with Gasteiger partial charge in [0, 0.05) is 16.7 Å². The molecule has 1 amide bonds. The molecule has 0 radical (unpaired) electrons. The molecule has 0 spiro atoms. The lowest BCUT2D eigenvalue weighted by Crippen LogP contribution is -2.28. The van der Waals surface area contributed by atoms with Crippen molar-refractivity contribution in [2.45, 2.75) is 6.54 Å². The van der Waals surface area contributed by atoms with Gasteiger partial charge in [0.15, 0.2) is 12.4 Å². The molecule has 0 fully saturated rings. The van der Waals surface area contributed by atoms with Crippen LogP contribution in [0.25, 0.3) is 11.3 Å². The van der Waals surface area contributed by atoms with E-state index in [9.17, 15) is 4.79 Å². The molecule has 0 saturated heterocycles. The van der Waals surface area contributed by atoms with E-state index in [2.05, 4.69) is 10.5 Å². The Bertz CT molecular complexity index is 801. The summed E-state index contributed by atoms with van der Waals surface area (Å²) in [6.07, 6.45) is 0. The number of hydrogen-bond acceptors (Lipinski definition) is 4. The molecule has 0 aliphatic heterocycles. The predicted octanol–water partition coefficient (Wildman–Crippen LogP) is 3.69. The van der Waals surface area contributed by atoms with E-state index in [1.807, 2.05) is 30.3 Å². The molecule has 3 rings (SSSR count). The topological polar surface area (TPSA) is 64.4 Å². The molecule has 3 aromatic rings. The second-order valence-corrected chi connectivity index (χ2v) is 5.50. The third-order valence-corrected chi connectivity index (χ3v) is 3.52. The number of hydrogen-bond donors (Lipinski definition) is 1. The van der Waals surface area contributed by atoms with E-state index < -0.39 is 0 Å². The van der Waals surface area contributed by atoms with Crippen molar-refractivity contribution in [1.82, 2.24) is 10.5 Å². The zero-order chi connectivity index (χ0) is 16.8. The van der Waals surface area contributed by atoms with E-state index in [-0.39, 0.29) is 19.1 Å². The average molecular weight is 343 g/mol. The molecule has 0 unspecified atom stereocenters. The van der Waals surface area contributed by atoms with Gasteiger partial charge >= 0.3 is 0 Å². The number of amides is 1. The van der Waals surface area contributed by atoms with Crippen LogP contribution in [0.1, 0.15) is 5.76 Å². The van der Waals surface area contributed by atoms with Crippen LogP contribution in [-0.4, -0.2) is 17.7 Å². The van der Waals surface area contributed by atoms with Crippen LogP contribution in [-0.2, 0) is 11.3 Å². The maximum absolute atomic E-state index is 11.8. The minimum absolute atomic E-state index is 0.0534. The third-order valence-electron chi connectivity index (χ3n) is 3.27. The first-order valence-corrected chi connectivity index (χ1v) is 7.74. The second-order valence-electron chi connectivity index (χ2n) is 5.06. The quantitative estimate of drug-likeness (QED) is 0.742. The molecule has 2 aromatic carbocycles. The maximum Gasteiger partial charge on any atom is 0.258 e. The van der Waals surface area contributed by atoms with E-state index in [1.54, 1.807) is 30.3 Å². The van der Waals surface area contributed by atoms with Crippen LogP contribution >= 0.6 is 11.6 Å². The van der Waals surface area contributed by atoms with Gasteiger partial charge in [0.2, 0.25) is 0 Å². The number of rotatable bonds is 6. The lowest BCUT2D eigenvalue weighted by molar-refractivity contribution is -0.123. The molecule has 0 atom stereocenters. The molecule has 5 nitrogen and oxygen atoms in total. The van der Waals surface area contributed by atoms with E-state index in [4.69, 9.17) is 20.9 Å². The molecule has 24 heavy (non-hydrogen) atoms. The van der Waals surface area contributed by atoms with Crippen molar-refractivity contribution in [2.75, 3.05) is 6.61 Å². The van der Waals surface area contributed by atoms with Gasteiger partial charge in [-0.2, -0.15) is 0 Å². The zero-order valence-electron chi connectivity index (χ0n) is 12.7. The Hall–Kier alpha value is -2.79. The molecular formula is C18H15ClN2O3. The standard InChI is InChI=1S/C18H15ClN2O3/c19-14-8-6-13(7-9-14)17-10-16(24-21-17)11-20-18(22)12-23-15-4-2-1-3-5-15/h1-10H,11-12H2,(H,20,22). The summed E-state index contributed by atoms with van der Waals surface area (Å²) in [7, 11) is 0. The Balaban J connectivity index is 1.50. The van der Waals surface area contributed by atoms with Crippen LogP contribution < -0.4 is 10.1 Å². The number of ether oxygens (including phenoxy) is 1. The summed E-state index contributed by atoms with van der Waals surface area (Å²) in [5, 5.41) is 7.37. The SMILES string of the molecule is O=C(COc1ccccc1)NCc1cc(-c2ccc(Cl)cc2)no1. The Morgan fingerprint density at radius 3 is 2.62 bits per heavy atom. The van der Waals surface area contributed by atoms with Gasteiger partial charge in [-0.3, -0.25) is 4.79 Å². The van der Waals surface area contributed by atoms with E-state index in [1.165, 1.54) is 0 Å². The lowest BCUT2D eigenvalue weighted by atomic mass is 10.1. The van der Waals surface area contributed by atoms with Crippen LogP contribution in [0.15, 0.2) is 65.2 Å². The summed E-state index contributed by atoms with van der Waals surface area (Å²) in [6, 6.07) is 18.2. The molecule has 1 aromatic heterocycles. The zero-order valence-corrected chi connectivity index (χ0v) is 13.5. The molecule has 6 heteroatoms. The highest BCUT2D eigenvalue weighted by Gasteiger charge is 2.08. The molecule has 0 aliphatic rings. The van der Waals surface area contributed by atoms with Crippen molar-refractivity contribution in [3.05, 3.63) is 71.4 Å². The highest BCUT2D eigenvalue weighted by Crippen LogP contribution is 2.21. The Morgan fingerprint density at radius 1 is 1.12 bits per heavy atom. The fourth-order valence-electron chi connectivity index (χ4n) is 2.06. The van der Waals surface area contributed by atoms with Crippen LogP contribution in [0.4, 0.5) is 0 Å². The molecular weight excluding hydrogens is 328 g/mol. The molecule has 1 N–H and O–H groups in total.